The number of hydrogen-bond acceptors (Lipinski definition) is 3. The number of fused-ring (bicyclic) bond motifs is 9. The molecule has 0 aromatic rings. The monoisotopic (exact) mass is 234 g/mol. The highest BCUT2D eigenvalue weighted by atomic mass is 17.2. The van der Waals surface area contributed by atoms with Gasteiger partial charge in [0, 0.05) is 6.92 Å². The molecule has 4 bridgehead atoms. The van der Waals surface area contributed by atoms with Gasteiger partial charge in [-0.3, -0.25) is 4.89 Å². The maximum atomic E-state index is 10.8. The van der Waals surface area contributed by atoms with Gasteiger partial charge in [-0.05, 0) is 54.8 Å². The second-order valence-corrected chi connectivity index (χ2v) is 6.21. The average molecular weight is 234 g/mol. The van der Waals surface area contributed by atoms with Crippen LogP contribution in [0.4, 0.5) is 0 Å². The van der Waals surface area contributed by atoms with E-state index in [0.29, 0.717) is 5.92 Å². The molecule has 17 heavy (non-hydrogen) atoms. The van der Waals surface area contributed by atoms with Gasteiger partial charge in [0.25, 0.3) is 0 Å². The molecule has 4 rings (SSSR count). The first-order valence-electron chi connectivity index (χ1n) is 6.76. The molecular formula is C14H18O3. The maximum Gasteiger partial charge on any atom is 0.339 e. The number of allylic oxidation sites excluding steroid dienone is 2. The minimum atomic E-state index is -0.336. The van der Waals surface area contributed by atoms with E-state index in [9.17, 15) is 4.79 Å². The predicted octanol–water partition coefficient (Wildman–Crippen LogP) is 2.33. The van der Waals surface area contributed by atoms with Gasteiger partial charge in [-0.15, -0.1) is 0 Å². The Morgan fingerprint density at radius 1 is 1.12 bits per heavy atom. The van der Waals surface area contributed by atoms with Crippen LogP contribution in [-0.2, 0) is 14.6 Å². The van der Waals surface area contributed by atoms with Crippen LogP contribution in [0.1, 0.15) is 26.2 Å². The van der Waals surface area contributed by atoms with Gasteiger partial charge in [-0.2, -0.15) is 4.89 Å². The van der Waals surface area contributed by atoms with Crippen LogP contribution in [-0.4, -0.2) is 12.1 Å². The van der Waals surface area contributed by atoms with Crippen molar-refractivity contribution >= 4 is 5.97 Å². The van der Waals surface area contributed by atoms with Crippen molar-refractivity contribution in [2.24, 2.45) is 35.5 Å². The van der Waals surface area contributed by atoms with Gasteiger partial charge in [0.1, 0.15) is 6.10 Å². The topological polar surface area (TPSA) is 35.5 Å². The van der Waals surface area contributed by atoms with Crippen molar-refractivity contribution in [1.82, 2.24) is 0 Å². The standard InChI is InChI=1S/C14H18O3/c1-7(15)16-17-12-6-10-5-11(12)14-9-3-2-8(4-9)13(10)14/h2-3,8-14H,4-6H2,1H3. The lowest BCUT2D eigenvalue weighted by Crippen LogP contribution is -2.35. The fraction of sp³-hybridized carbons (Fsp3) is 0.786. The quantitative estimate of drug-likeness (QED) is 0.318. The molecule has 7 unspecified atom stereocenters. The lowest BCUT2D eigenvalue weighted by molar-refractivity contribution is -0.307. The van der Waals surface area contributed by atoms with E-state index in [0.717, 1.165) is 36.0 Å². The van der Waals surface area contributed by atoms with Crippen LogP contribution in [0.5, 0.6) is 0 Å². The molecule has 0 aliphatic heterocycles. The van der Waals surface area contributed by atoms with Gasteiger partial charge in [-0.25, -0.2) is 4.79 Å². The van der Waals surface area contributed by atoms with Crippen molar-refractivity contribution in [2.75, 3.05) is 0 Å². The Hall–Kier alpha value is -0.830. The van der Waals surface area contributed by atoms with E-state index in [1.165, 1.54) is 19.8 Å². The molecule has 0 amide bonds. The number of carbonyl (C=O) groups is 1. The predicted molar refractivity (Wildman–Crippen MR) is 60.6 cm³/mol. The van der Waals surface area contributed by atoms with E-state index in [1.807, 2.05) is 0 Å². The smallest absolute Gasteiger partial charge is 0.298 e. The zero-order chi connectivity index (χ0) is 11.6. The molecule has 7 atom stereocenters. The van der Waals surface area contributed by atoms with Gasteiger partial charge in [-0.1, -0.05) is 12.2 Å². The maximum absolute atomic E-state index is 10.8. The minimum Gasteiger partial charge on any atom is -0.298 e. The van der Waals surface area contributed by atoms with Gasteiger partial charge in [0.2, 0.25) is 0 Å². The molecule has 4 aliphatic rings. The third kappa shape index (κ3) is 1.29. The third-order valence-corrected chi connectivity index (χ3v) is 5.50. The molecule has 0 aromatic heterocycles. The first kappa shape index (κ1) is 10.1. The van der Waals surface area contributed by atoms with Gasteiger partial charge >= 0.3 is 5.97 Å². The molecule has 4 aliphatic carbocycles. The SMILES string of the molecule is CC(=O)OOC1CC2CC1C1C3C=CC(C3)C21. The molecule has 0 saturated heterocycles. The summed E-state index contributed by atoms with van der Waals surface area (Å²) in [6.07, 6.45) is 8.76. The van der Waals surface area contributed by atoms with Crippen LogP contribution in [0.15, 0.2) is 12.2 Å². The minimum absolute atomic E-state index is 0.165. The summed E-state index contributed by atoms with van der Waals surface area (Å²) in [5, 5.41) is 0. The van der Waals surface area contributed by atoms with Crippen molar-refractivity contribution in [3.05, 3.63) is 12.2 Å². The van der Waals surface area contributed by atoms with Crippen LogP contribution in [0.2, 0.25) is 0 Å². The highest BCUT2D eigenvalue weighted by Gasteiger charge is 2.61. The normalized spacial score (nSPS) is 53.1. The van der Waals surface area contributed by atoms with Crippen LogP contribution in [0, 0.1) is 35.5 Å². The van der Waals surface area contributed by atoms with E-state index in [-0.39, 0.29) is 12.1 Å². The van der Waals surface area contributed by atoms with Gasteiger partial charge < -0.3 is 0 Å². The van der Waals surface area contributed by atoms with Crippen molar-refractivity contribution in [1.29, 1.82) is 0 Å². The number of carbonyl (C=O) groups excluding carboxylic acids is 1. The van der Waals surface area contributed by atoms with E-state index < -0.39 is 0 Å². The summed E-state index contributed by atoms with van der Waals surface area (Å²) >= 11 is 0. The Morgan fingerprint density at radius 3 is 2.65 bits per heavy atom. The van der Waals surface area contributed by atoms with E-state index in [4.69, 9.17) is 9.78 Å². The molecule has 0 radical (unpaired) electrons. The fourth-order valence-corrected chi connectivity index (χ4v) is 5.20. The average Bonchev–Trinajstić information content (AvgIpc) is 3.03. The summed E-state index contributed by atoms with van der Waals surface area (Å²) in [7, 11) is 0. The largest absolute Gasteiger partial charge is 0.339 e. The highest BCUT2D eigenvalue weighted by molar-refractivity contribution is 5.65. The van der Waals surface area contributed by atoms with Crippen LogP contribution < -0.4 is 0 Å². The molecule has 0 heterocycles. The summed E-state index contributed by atoms with van der Waals surface area (Å²) in [4.78, 5) is 20.9. The molecule has 0 N–H and O–H groups in total. The highest BCUT2D eigenvalue weighted by Crippen LogP contribution is 2.65. The molecule has 3 saturated carbocycles. The molecule has 0 aromatic carbocycles. The first-order valence-corrected chi connectivity index (χ1v) is 6.76. The number of rotatable bonds is 2. The molecular weight excluding hydrogens is 216 g/mol. The molecule has 3 heteroatoms. The Kier molecular flexibility index (Phi) is 1.99. The molecule has 3 nitrogen and oxygen atoms in total. The molecule has 3 fully saturated rings. The van der Waals surface area contributed by atoms with Crippen molar-refractivity contribution < 1.29 is 14.6 Å². The zero-order valence-electron chi connectivity index (χ0n) is 10.0. The van der Waals surface area contributed by atoms with E-state index >= 15 is 0 Å². The summed E-state index contributed by atoms with van der Waals surface area (Å²) in [5.74, 6) is 4.45. The van der Waals surface area contributed by atoms with Crippen molar-refractivity contribution in [3.63, 3.8) is 0 Å². The lowest BCUT2D eigenvalue weighted by Gasteiger charge is -2.35. The fourth-order valence-electron chi connectivity index (χ4n) is 5.20. The van der Waals surface area contributed by atoms with Gasteiger partial charge in [0.15, 0.2) is 0 Å². The summed E-state index contributed by atoms with van der Waals surface area (Å²) in [5.41, 5.74) is 0. The third-order valence-electron chi connectivity index (χ3n) is 5.50. The first-order chi connectivity index (χ1) is 8.24. The zero-order valence-corrected chi connectivity index (χ0v) is 10.0. The summed E-state index contributed by atoms with van der Waals surface area (Å²) in [6, 6.07) is 0. The van der Waals surface area contributed by atoms with E-state index in [1.54, 1.807) is 0 Å². The second kappa shape index (κ2) is 3.35. The van der Waals surface area contributed by atoms with Gasteiger partial charge in [0.05, 0.1) is 0 Å². The van der Waals surface area contributed by atoms with Crippen LogP contribution in [0.25, 0.3) is 0 Å². The van der Waals surface area contributed by atoms with Crippen LogP contribution >= 0.6 is 0 Å². The van der Waals surface area contributed by atoms with Crippen LogP contribution in [0.3, 0.4) is 0 Å². The Bertz CT molecular complexity index is 389. The lowest BCUT2D eigenvalue weighted by atomic mass is 9.72. The second-order valence-electron chi connectivity index (χ2n) is 6.21. The Labute approximate surface area is 101 Å². The Balaban J connectivity index is 1.51. The molecule has 0 spiro atoms. The summed E-state index contributed by atoms with van der Waals surface area (Å²) < 4.78 is 0. The Morgan fingerprint density at radius 2 is 1.88 bits per heavy atom. The number of hydrogen-bond donors (Lipinski definition) is 0. The van der Waals surface area contributed by atoms with Crippen molar-refractivity contribution in [2.45, 2.75) is 32.3 Å². The van der Waals surface area contributed by atoms with Crippen molar-refractivity contribution in [3.8, 4) is 0 Å². The molecule has 92 valence electrons. The van der Waals surface area contributed by atoms with E-state index in [2.05, 4.69) is 12.2 Å². The summed E-state index contributed by atoms with van der Waals surface area (Å²) in [6.45, 7) is 1.40.